The van der Waals surface area contributed by atoms with E-state index in [2.05, 4.69) is 17.2 Å². The zero-order chi connectivity index (χ0) is 15.1. The first-order valence-corrected chi connectivity index (χ1v) is 7.18. The third-order valence-electron chi connectivity index (χ3n) is 3.38. The predicted molar refractivity (Wildman–Crippen MR) is 82.1 cm³/mol. The third-order valence-corrected chi connectivity index (χ3v) is 3.38. The number of nitrogens with zero attached hydrogens (tertiary/aromatic N) is 1. The van der Waals surface area contributed by atoms with E-state index in [1.807, 2.05) is 30.5 Å². The van der Waals surface area contributed by atoms with Gasteiger partial charge >= 0.3 is 0 Å². The van der Waals surface area contributed by atoms with Gasteiger partial charge in [0.05, 0.1) is 7.11 Å². The fourth-order valence-electron chi connectivity index (χ4n) is 2.35. The Labute approximate surface area is 125 Å². The Balaban J connectivity index is 2.02. The lowest BCUT2D eigenvalue weighted by Crippen LogP contribution is -2.33. The van der Waals surface area contributed by atoms with Gasteiger partial charge in [-0.2, -0.15) is 0 Å². The number of rotatable bonds is 7. The zero-order valence-corrected chi connectivity index (χ0v) is 12.5. The summed E-state index contributed by atoms with van der Waals surface area (Å²) in [6, 6.07) is 10.9. The monoisotopic (exact) mass is 288 g/mol. The maximum atomic E-state index is 13.0. The fourth-order valence-corrected chi connectivity index (χ4v) is 2.35. The van der Waals surface area contributed by atoms with E-state index in [-0.39, 0.29) is 5.82 Å². The van der Waals surface area contributed by atoms with Gasteiger partial charge < -0.3 is 10.1 Å². The minimum absolute atomic E-state index is 0.196. The molecular weight excluding hydrogens is 267 g/mol. The van der Waals surface area contributed by atoms with Gasteiger partial charge in [0.2, 0.25) is 5.88 Å². The summed E-state index contributed by atoms with van der Waals surface area (Å²) >= 11 is 0. The smallest absolute Gasteiger partial charge is 0.212 e. The van der Waals surface area contributed by atoms with Crippen molar-refractivity contribution in [3.05, 3.63) is 59.5 Å². The lowest BCUT2D eigenvalue weighted by molar-refractivity contribution is 0.397. The fraction of sp³-hybridized carbons (Fsp3) is 0.353. The maximum Gasteiger partial charge on any atom is 0.212 e. The Morgan fingerprint density at radius 3 is 2.33 bits per heavy atom. The summed E-state index contributed by atoms with van der Waals surface area (Å²) in [5.74, 6) is 0.426. The minimum atomic E-state index is -0.196. The molecule has 2 rings (SSSR count). The molecule has 1 aromatic carbocycles. The quantitative estimate of drug-likeness (QED) is 0.850. The molecule has 0 radical (unpaired) electrons. The molecule has 0 fully saturated rings. The van der Waals surface area contributed by atoms with Crippen LogP contribution in [0.2, 0.25) is 0 Å². The van der Waals surface area contributed by atoms with E-state index in [4.69, 9.17) is 4.74 Å². The number of halogens is 1. The Bertz CT molecular complexity index is 540. The van der Waals surface area contributed by atoms with E-state index < -0.39 is 0 Å². The highest BCUT2D eigenvalue weighted by molar-refractivity contribution is 5.21. The highest BCUT2D eigenvalue weighted by Crippen LogP contribution is 2.12. The summed E-state index contributed by atoms with van der Waals surface area (Å²) in [5, 5.41) is 3.47. The Kier molecular flexibility index (Phi) is 5.69. The normalized spacial score (nSPS) is 12.1. The van der Waals surface area contributed by atoms with Crippen LogP contribution in [0.4, 0.5) is 4.39 Å². The van der Waals surface area contributed by atoms with Crippen LogP contribution in [0.15, 0.2) is 42.6 Å². The summed E-state index contributed by atoms with van der Waals surface area (Å²) in [6.45, 7) is 2.99. The Hall–Kier alpha value is -1.94. The molecular formula is C17H21FN2O. The van der Waals surface area contributed by atoms with Crippen molar-refractivity contribution in [3.8, 4) is 5.88 Å². The van der Waals surface area contributed by atoms with Crippen LogP contribution in [-0.4, -0.2) is 24.7 Å². The number of hydrogen-bond acceptors (Lipinski definition) is 3. The van der Waals surface area contributed by atoms with Crippen molar-refractivity contribution < 1.29 is 9.13 Å². The van der Waals surface area contributed by atoms with Gasteiger partial charge in [0.15, 0.2) is 0 Å². The van der Waals surface area contributed by atoms with Crippen LogP contribution in [0, 0.1) is 5.82 Å². The predicted octanol–water partition coefficient (Wildman–Crippen LogP) is 2.99. The first-order valence-electron chi connectivity index (χ1n) is 7.18. The Morgan fingerprint density at radius 2 is 1.76 bits per heavy atom. The van der Waals surface area contributed by atoms with Crippen LogP contribution in [0.1, 0.15) is 18.1 Å². The number of ether oxygens (including phenoxy) is 1. The van der Waals surface area contributed by atoms with Crippen LogP contribution >= 0.6 is 0 Å². The van der Waals surface area contributed by atoms with Crippen molar-refractivity contribution in [2.24, 2.45) is 0 Å². The average Bonchev–Trinajstić information content (AvgIpc) is 2.50. The highest BCUT2D eigenvalue weighted by atomic mass is 19.1. The molecule has 3 nitrogen and oxygen atoms in total. The van der Waals surface area contributed by atoms with Gasteiger partial charge in [-0.05, 0) is 42.6 Å². The van der Waals surface area contributed by atoms with E-state index in [0.29, 0.717) is 11.9 Å². The molecule has 0 aliphatic heterocycles. The summed E-state index contributed by atoms with van der Waals surface area (Å²) in [7, 11) is 1.61. The summed E-state index contributed by atoms with van der Waals surface area (Å²) in [6.07, 6.45) is 3.58. The highest BCUT2D eigenvalue weighted by Gasteiger charge is 2.10. The van der Waals surface area contributed by atoms with Crippen molar-refractivity contribution in [2.75, 3.05) is 13.7 Å². The summed E-state index contributed by atoms with van der Waals surface area (Å²) < 4.78 is 18.0. The van der Waals surface area contributed by atoms with Crippen LogP contribution in [0.3, 0.4) is 0 Å². The molecule has 1 atom stereocenters. The van der Waals surface area contributed by atoms with Crippen molar-refractivity contribution in [2.45, 2.75) is 25.8 Å². The van der Waals surface area contributed by atoms with Crippen LogP contribution in [0.5, 0.6) is 5.88 Å². The van der Waals surface area contributed by atoms with Gasteiger partial charge in [0, 0.05) is 18.3 Å². The third kappa shape index (κ3) is 4.83. The molecule has 1 aromatic heterocycles. The molecule has 0 amide bonds. The van der Waals surface area contributed by atoms with Gasteiger partial charge in [0.25, 0.3) is 0 Å². The molecule has 0 aliphatic carbocycles. The molecule has 0 saturated heterocycles. The van der Waals surface area contributed by atoms with Gasteiger partial charge in [-0.15, -0.1) is 0 Å². The molecule has 21 heavy (non-hydrogen) atoms. The van der Waals surface area contributed by atoms with Gasteiger partial charge in [0.1, 0.15) is 5.82 Å². The molecule has 0 aliphatic rings. The molecule has 4 heteroatoms. The number of benzene rings is 1. The summed E-state index contributed by atoms with van der Waals surface area (Å²) in [5.41, 5.74) is 2.28. The molecule has 0 saturated carbocycles. The average molecular weight is 288 g/mol. The lowest BCUT2D eigenvalue weighted by atomic mass is 10.00. The van der Waals surface area contributed by atoms with Gasteiger partial charge in [-0.3, -0.25) is 0 Å². The molecule has 112 valence electrons. The number of likely N-dealkylation sites (N-methyl/N-ethyl adjacent to an activating group) is 1. The van der Waals surface area contributed by atoms with E-state index >= 15 is 0 Å². The van der Waals surface area contributed by atoms with Crippen LogP contribution in [0.25, 0.3) is 0 Å². The van der Waals surface area contributed by atoms with Crippen LogP contribution in [-0.2, 0) is 12.8 Å². The van der Waals surface area contributed by atoms with E-state index in [1.165, 1.54) is 12.1 Å². The second kappa shape index (κ2) is 7.74. The maximum absolute atomic E-state index is 13.0. The number of methoxy groups -OCH3 is 1. The summed E-state index contributed by atoms with van der Waals surface area (Å²) in [4.78, 5) is 4.23. The largest absolute Gasteiger partial charge is 0.481 e. The Morgan fingerprint density at radius 1 is 1.10 bits per heavy atom. The molecule has 2 aromatic rings. The lowest BCUT2D eigenvalue weighted by Gasteiger charge is -2.18. The van der Waals surface area contributed by atoms with Crippen molar-refractivity contribution >= 4 is 0 Å². The topological polar surface area (TPSA) is 34.1 Å². The number of hydrogen-bond donors (Lipinski definition) is 1. The van der Waals surface area contributed by atoms with Gasteiger partial charge in [-0.25, -0.2) is 9.37 Å². The number of nitrogens with one attached hydrogen (secondary N) is 1. The molecule has 0 spiro atoms. The molecule has 1 unspecified atom stereocenters. The van der Waals surface area contributed by atoms with E-state index in [1.54, 1.807) is 7.11 Å². The van der Waals surface area contributed by atoms with Crippen molar-refractivity contribution in [3.63, 3.8) is 0 Å². The molecule has 1 N–H and O–H groups in total. The number of aromatic nitrogens is 1. The SMILES string of the molecule is CCNC(Cc1ccc(F)cc1)Cc1ccc(OC)nc1. The first kappa shape index (κ1) is 15.4. The van der Waals surface area contributed by atoms with E-state index in [9.17, 15) is 4.39 Å². The van der Waals surface area contributed by atoms with E-state index in [0.717, 1.165) is 30.5 Å². The minimum Gasteiger partial charge on any atom is -0.481 e. The second-order valence-electron chi connectivity index (χ2n) is 5.00. The van der Waals surface area contributed by atoms with Gasteiger partial charge in [-0.1, -0.05) is 25.1 Å². The number of pyridine rings is 1. The first-order chi connectivity index (χ1) is 10.2. The van der Waals surface area contributed by atoms with Crippen LogP contribution < -0.4 is 10.1 Å². The zero-order valence-electron chi connectivity index (χ0n) is 12.5. The van der Waals surface area contributed by atoms with Crippen molar-refractivity contribution in [1.29, 1.82) is 0 Å². The molecule has 1 heterocycles. The second-order valence-corrected chi connectivity index (χ2v) is 5.00. The molecule has 0 bridgehead atoms. The van der Waals surface area contributed by atoms with Crippen molar-refractivity contribution in [1.82, 2.24) is 10.3 Å². The standard InChI is InChI=1S/C17H21FN2O/c1-3-19-16(10-13-4-7-15(18)8-5-13)11-14-6-9-17(21-2)20-12-14/h4-9,12,16,19H,3,10-11H2,1-2H3.